The maximum Gasteiger partial charge on any atom is 0.164 e. The molecule has 4 heterocycles. The van der Waals surface area contributed by atoms with Gasteiger partial charge in [0.2, 0.25) is 0 Å². The first kappa shape index (κ1) is 14.3. The minimum Gasteiger partial charge on any atom is -0.456 e. The van der Waals surface area contributed by atoms with E-state index in [-0.39, 0.29) is 0 Å². The Bertz CT molecular complexity index is 5100. The van der Waals surface area contributed by atoms with Crippen LogP contribution in [0.5, 0.6) is 0 Å². The minimum absolute atomic E-state index is 0.400. The lowest BCUT2D eigenvalue weighted by Gasteiger charge is -2.10. The number of furan rings is 3. The Labute approximate surface area is 366 Å². The summed E-state index contributed by atoms with van der Waals surface area (Å²) in [6, 6.07) is -25.4. The van der Waals surface area contributed by atoms with E-state index in [1.54, 1.807) is 0 Å². The van der Waals surface area contributed by atoms with Crippen molar-refractivity contribution in [2.45, 2.75) is 0 Å². The Morgan fingerprint density at radius 2 is 0.825 bits per heavy atom. The van der Waals surface area contributed by atoms with Crippen molar-refractivity contribution in [3.05, 3.63) is 175 Å². The smallest absolute Gasteiger partial charge is 0.164 e. The number of fused-ring (bicyclic) bond motifs is 9. The third-order valence-electron chi connectivity index (χ3n) is 8.94. The monoisotopic (exact) mass is 760 g/mol. The van der Waals surface area contributed by atoms with E-state index in [0.717, 1.165) is 0 Å². The fourth-order valence-corrected chi connectivity index (χ4v) is 6.53. The molecule has 57 heavy (non-hydrogen) atoms. The highest BCUT2D eigenvalue weighted by Gasteiger charge is 2.23. The normalized spacial score (nSPS) is 19.0. The summed E-state index contributed by atoms with van der Waals surface area (Å²) in [7, 11) is 0. The van der Waals surface area contributed by atoms with E-state index >= 15 is 0 Å². The van der Waals surface area contributed by atoms with Gasteiger partial charge in [0.15, 0.2) is 17.5 Å². The van der Waals surface area contributed by atoms with Crippen molar-refractivity contribution in [2.75, 3.05) is 0 Å². The SMILES string of the molecule is [2H]c1c([2H])c([2H])c(-c2nc(-c3c([2H])c([2H])c([2H])c([2H])c3[2H])nc(-c3c([2H])c([2H])c4c(oc5c([2H])c([2H])c([2H])c(-c6c([2H])c([2H])c(-c7c([2H])c([2H])c([2H])c8c7oc7c([2H])c([2H])c([2H])c([2H])c78)c7oc8c([2H])c([2H])c([2H])c([2H])c8c67)c54)c3[2H])n2)c([2H])c1[2H]. The summed E-state index contributed by atoms with van der Waals surface area (Å²) in [6.07, 6.45) is 0. The molecule has 0 saturated heterocycles. The van der Waals surface area contributed by atoms with Gasteiger partial charge in [-0.25, -0.2) is 15.0 Å². The van der Waals surface area contributed by atoms with E-state index < -0.39 is 297 Å². The van der Waals surface area contributed by atoms with Crippen LogP contribution >= 0.6 is 0 Å². The van der Waals surface area contributed by atoms with Crippen molar-refractivity contribution >= 4 is 65.8 Å². The molecule has 12 rings (SSSR count). The van der Waals surface area contributed by atoms with E-state index in [4.69, 9.17) is 42.0 Å². The predicted octanol–water partition coefficient (Wildman–Crippen LogP) is 13.9. The molecule has 0 spiro atoms. The first-order valence-corrected chi connectivity index (χ1v) is 16.6. The van der Waals surface area contributed by atoms with Gasteiger partial charge in [0, 0.05) is 60.1 Å². The largest absolute Gasteiger partial charge is 0.456 e. The maximum absolute atomic E-state index is 9.91. The number of benzene rings is 8. The third kappa shape index (κ3) is 4.94. The highest BCUT2D eigenvalue weighted by atomic mass is 16.3. The van der Waals surface area contributed by atoms with Crippen molar-refractivity contribution < 1.29 is 53.0 Å². The molecular formula is C51H29N3O3. The van der Waals surface area contributed by atoms with Crippen LogP contribution in [0.15, 0.2) is 188 Å². The van der Waals surface area contributed by atoms with Gasteiger partial charge in [-0.15, -0.1) is 0 Å². The Morgan fingerprint density at radius 1 is 0.316 bits per heavy atom. The second-order valence-electron chi connectivity index (χ2n) is 12.1. The average molecular weight is 761 g/mol. The highest BCUT2D eigenvalue weighted by molar-refractivity contribution is 6.22. The quantitative estimate of drug-likeness (QED) is 0.174. The summed E-state index contributed by atoms with van der Waals surface area (Å²) in [4.78, 5) is 12.8. The molecule has 12 aromatic rings. The van der Waals surface area contributed by atoms with Gasteiger partial charge in [-0.2, -0.15) is 0 Å². The molecule has 266 valence electrons. The van der Waals surface area contributed by atoms with E-state index in [1.807, 2.05) is 0 Å². The molecule has 6 heteroatoms. The Morgan fingerprint density at radius 3 is 1.58 bits per heavy atom. The van der Waals surface area contributed by atoms with Crippen molar-refractivity contribution in [3.8, 4) is 56.4 Å². The summed E-state index contributed by atoms with van der Waals surface area (Å²) in [5.41, 5.74) is -8.82. The van der Waals surface area contributed by atoms with Gasteiger partial charge in [-0.05, 0) is 47.4 Å². The molecule has 0 aliphatic carbocycles. The van der Waals surface area contributed by atoms with Crippen LogP contribution in [0.3, 0.4) is 0 Å². The molecule has 4 aromatic heterocycles. The molecule has 0 unspecified atom stereocenters. The summed E-state index contributed by atoms with van der Waals surface area (Å²) >= 11 is 0. The van der Waals surface area contributed by atoms with Crippen LogP contribution in [0, 0.1) is 0 Å². The number of hydrogen-bond acceptors (Lipinski definition) is 6. The lowest BCUT2D eigenvalue weighted by Crippen LogP contribution is -2.00. The Kier molecular flexibility index (Phi) is 3.11. The molecule has 0 radical (unpaired) electrons. The van der Waals surface area contributed by atoms with Crippen molar-refractivity contribution in [1.82, 2.24) is 15.0 Å². The van der Waals surface area contributed by atoms with Gasteiger partial charge in [-0.3, -0.25) is 0 Å². The molecule has 0 aliphatic rings. The van der Waals surface area contributed by atoms with Gasteiger partial charge in [0.1, 0.15) is 33.5 Å². The van der Waals surface area contributed by atoms with Crippen LogP contribution in [-0.2, 0) is 0 Å². The fourth-order valence-electron chi connectivity index (χ4n) is 6.53. The second kappa shape index (κ2) is 12.3. The number of aromatic nitrogens is 3. The van der Waals surface area contributed by atoms with Crippen LogP contribution in [0.4, 0.5) is 0 Å². The van der Waals surface area contributed by atoms with E-state index in [0.29, 0.717) is 0 Å². The van der Waals surface area contributed by atoms with Crippen LogP contribution < -0.4 is 0 Å². The minimum atomic E-state index is -1.01. The predicted molar refractivity (Wildman–Crippen MR) is 229 cm³/mol. The molecule has 0 N–H and O–H groups in total. The lowest BCUT2D eigenvalue weighted by atomic mass is 9.92. The zero-order chi connectivity index (χ0) is 62.7. The molecule has 6 nitrogen and oxygen atoms in total. The van der Waals surface area contributed by atoms with Crippen LogP contribution in [0.25, 0.3) is 122 Å². The Balaban J connectivity index is 1.23. The van der Waals surface area contributed by atoms with Crippen LogP contribution in [0.1, 0.15) is 39.8 Å². The first-order chi connectivity index (χ1) is 40.3. The number of para-hydroxylation sites is 3. The van der Waals surface area contributed by atoms with E-state index in [9.17, 15) is 11.0 Å². The fraction of sp³-hybridized carbons (Fsp3) is 0. The van der Waals surface area contributed by atoms with Crippen molar-refractivity contribution in [3.63, 3.8) is 0 Å². The zero-order valence-corrected chi connectivity index (χ0v) is 28.1. The average Bonchev–Trinajstić information content (AvgIpc) is 1.53. The second-order valence-corrected chi connectivity index (χ2v) is 12.1. The van der Waals surface area contributed by atoms with Gasteiger partial charge in [0.25, 0.3) is 0 Å². The summed E-state index contributed by atoms with van der Waals surface area (Å²) < 4.78 is 277. The number of nitrogens with zero attached hydrogens (tertiary/aromatic N) is 3. The molecule has 0 fully saturated rings. The summed E-state index contributed by atoms with van der Waals surface area (Å²) in [6.45, 7) is 0. The maximum atomic E-state index is 9.91. The molecule has 0 saturated carbocycles. The van der Waals surface area contributed by atoms with Gasteiger partial charge in [0.05, 0.1) is 39.8 Å². The molecule has 0 aliphatic heterocycles. The zero-order valence-electron chi connectivity index (χ0n) is 57.1. The van der Waals surface area contributed by atoms with Gasteiger partial charge < -0.3 is 13.3 Å². The molecule has 8 aromatic carbocycles. The van der Waals surface area contributed by atoms with Gasteiger partial charge >= 0.3 is 0 Å². The Hall–Kier alpha value is -7.83. The molecule has 0 bridgehead atoms. The first-order valence-electron chi connectivity index (χ1n) is 31.1. The van der Waals surface area contributed by atoms with Crippen molar-refractivity contribution in [1.29, 1.82) is 0 Å². The standard InChI is InChI=1S/C51H29N3O3/c1-3-13-30(14-4-1)49-52-50(31-15-5-2-6-16-31)54-51(53-49)32-25-26-40-44(29-32)55-43-24-12-19-34(45(40)43)35-27-28-38(48-46(35)39-18-8-10-23-42(39)57-48)37-21-11-20-36-33-17-7-9-22-41(33)56-47(36)37/h1-29H/i1D,2D,3D,4D,5D,6D,7D,8D,9D,10D,11D,12D,13D,14D,15D,16D,17D,18D,19D,20D,21D,22D,23D,24D,25D,26D,27D,28D,29D. The third-order valence-corrected chi connectivity index (χ3v) is 8.94. The van der Waals surface area contributed by atoms with Gasteiger partial charge in [-0.1, -0.05) is 139 Å². The van der Waals surface area contributed by atoms with E-state index in [1.165, 1.54) is 0 Å². The summed E-state index contributed by atoms with van der Waals surface area (Å²) in [5.74, 6) is -2.45. The topological polar surface area (TPSA) is 78.1 Å². The highest BCUT2D eigenvalue weighted by Crippen LogP contribution is 2.47. The molecule has 0 amide bonds. The van der Waals surface area contributed by atoms with Crippen molar-refractivity contribution in [2.24, 2.45) is 0 Å². The van der Waals surface area contributed by atoms with E-state index in [2.05, 4.69) is 15.0 Å². The number of hydrogen-bond donors (Lipinski definition) is 0. The molecule has 0 atom stereocenters. The van der Waals surface area contributed by atoms with Crippen LogP contribution in [-0.4, -0.2) is 15.0 Å². The van der Waals surface area contributed by atoms with Crippen LogP contribution in [0.2, 0.25) is 0 Å². The number of rotatable bonds is 5. The molecular weight excluding hydrogens is 703 g/mol. The summed E-state index contributed by atoms with van der Waals surface area (Å²) in [5, 5.41) is -3.14. The lowest BCUT2D eigenvalue weighted by molar-refractivity contribution is 0.665.